The summed E-state index contributed by atoms with van der Waals surface area (Å²) in [7, 11) is 0. The normalized spacial score (nSPS) is 13.2. The van der Waals surface area contributed by atoms with E-state index in [2.05, 4.69) is 377 Å². The van der Waals surface area contributed by atoms with Crippen molar-refractivity contribution in [1.82, 2.24) is 0 Å². The van der Waals surface area contributed by atoms with Crippen LogP contribution in [0.2, 0.25) is 0 Å². The first-order chi connectivity index (χ1) is 44.1. The Kier molecular flexibility index (Phi) is 14.3. The fraction of sp³-hybridized carbons (Fsp3) is 0.0682. The van der Waals surface area contributed by atoms with Gasteiger partial charge in [-0.3, -0.25) is 0 Å². The smallest absolute Gasteiger partial charge is 0.0467 e. The average Bonchev–Trinajstić information content (AvgIpc) is 1.62. The van der Waals surface area contributed by atoms with E-state index in [-0.39, 0.29) is 10.8 Å². The Hall–Kier alpha value is -11.1. The summed E-state index contributed by atoms with van der Waals surface area (Å²) in [4.78, 5) is 4.82. The summed E-state index contributed by atoms with van der Waals surface area (Å²) in [6.07, 6.45) is 8.99. The third-order valence-electron chi connectivity index (χ3n) is 18.6. The zero-order chi connectivity index (χ0) is 60.8. The minimum absolute atomic E-state index is 0.217. The predicted molar refractivity (Wildman–Crippen MR) is 383 cm³/mol. The van der Waals surface area contributed by atoms with Crippen LogP contribution in [0.1, 0.15) is 72.2 Å². The lowest BCUT2D eigenvalue weighted by molar-refractivity contribution is 0.660. The van der Waals surface area contributed by atoms with Crippen molar-refractivity contribution < 1.29 is 0 Å². The van der Waals surface area contributed by atoms with Crippen LogP contribution < -0.4 is 9.80 Å². The predicted octanol–water partition coefficient (Wildman–Crippen LogP) is 24.2. The van der Waals surface area contributed by atoms with E-state index in [1.807, 2.05) is 0 Å². The summed E-state index contributed by atoms with van der Waals surface area (Å²) in [6, 6.07) is 115. The minimum Gasteiger partial charge on any atom is -0.310 e. The van der Waals surface area contributed by atoms with Gasteiger partial charge in [-0.2, -0.15) is 0 Å². The average molecular weight is 1150 g/mol. The summed E-state index contributed by atoms with van der Waals surface area (Å²) >= 11 is 0. The van der Waals surface area contributed by atoms with Crippen molar-refractivity contribution in [2.75, 3.05) is 9.80 Å². The zero-order valence-corrected chi connectivity index (χ0v) is 51.2. The molecule has 0 fully saturated rings. The monoisotopic (exact) mass is 1150 g/mol. The molecule has 0 spiro atoms. The van der Waals surface area contributed by atoms with Crippen LogP contribution in [0.4, 0.5) is 34.1 Å². The van der Waals surface area contributed by atoms with Gasteiger partial charge in [0, 0.05) is 45.0 Å². The molecule has 2 aliphatic rings. The Balaban J connectivity index is 0.658. The molecular weight excluding hydrogens is 1080 g/mol. The van der Waals surface area contributed by atoms with Crippen LogP contribution in [0.15, 0.2) is 315 Å². The fourth-order valence-electron chi connectivity index (χ4n) is 13.7. The molecule has 2 heteroatoms. The number of hydrogen-bond donors (Lipinski definition) is 0. The van der Waals surface area contributed by atoms with Gasteiger partial charge in [0.1, 0.15) is 0 Å². The molecule has 90 heavy (non-hydrogen) atoms. The van der Waals surface area contributed by atoms with E-state index in [1.165, 1.54) is 100 Å². The standard InChI is InChI=1S/C88H68N2/c1-87(2)83-55-63(39-51-79(83)81-53-49-77(59-85(81)87)89(73-45-41-69(42-46-73)65-19-9-5-10-20-65)75-29-17-27-71(57-75)67-23-13-7-14-24-67)37-35-61-31-33-62(34-32-61)36-38-64-40-52-80-82-54-50-78(60-86(82)88(3,4)84(80)56-64)90(74-47-43-70(44-48-74)66-21-11-6-12-22-66)76-30-18-28-72(58-76)68-25-15-8-16-26-68/h5-60H,1-4H3/b37-35+,38-36+. The van der Waals surface area contributed by atoms with E-state index < -0.39 is 0 Å². The van der Waals surface area contributed by atoms with Gasteiger partial charge in [-0.25, -0.2) is 0 Å². The van der Waals surface area contributed by atoms with Crippen LogP contribution in [0.5, 0.6) is 0 Å². The Morgan fingerprint density at radius 3 is 0.811 bits per heavy atom. The first kappa shape index (κ1) is 55.5. The third kappa shape index (κ3) is 10.6. The van der Waals surface area contributed by atoms with Gasteiger partial charge in [-0.05, 0) is 184 Å². The number of benzene rings is 13. The van der Waals surface area contributed by atoms with Gasteiger partial charge in [0.25, 0.3) is 0 Å². The summed E-state index contributed by atoms with van der Waals surface area (Å²) in [5.41, 5.74) is 31.1. The Morgan fingerprint density at radius 1 is 0.200 bits per heavy atom. The first-order valence-corrected chi connectivity index (χ1v) is 31.4. The van der Waals surface area contributed by atoms with Crippen molar-refractivity contribution >= 4 is 58.4 Å². The van der Waals surface area contributed by atoms with Crippen LogP contribution in [0.25, 0.3) is 91.1 Å². The molecule has 2 nitrogen and oxygen atoms in total. The van der Waals surface area contributed by atoms with Crippen LogP contribution in [-0.2, 0) is 10.8 Å². The van der Waals surface area contributed by atoms with Gasteiger partial charge in [-0.1, -0.05) is 295 Å². The molecule has 0 radical (unpaired) electrons. The lowest BCUT2D eigenvalue weighted by Gasteiger charge is -2.28. The summed E-state index contributed by atoms with van der Waals surface area (Å²) in [5.74, 6) is 0. The molecule has 0 aliphatic heterocycles. The lowest BCUT2D eigenvalue weighted by atomic mass is 9.81. The molecule has 0 saturated carbocycles. The number of nitrogens with zero attached hydrogens (tertiary/aromatic N) is 2. The summed E-state index contributed by atoms with van der Waals surface area (Å²) in [6.45, 7) is 9.51. The molecule has 0 aromatic heterocycles. The van der Waals surface area contributed by atoms with Gasteiger partial charge in [0.15, 0.2) is 0 Å². The molecule has 15 rings (SSSR count). The van der Waals surface area contributed by atoms with Crippen molar-refractivity contribution in [1.29, 1.82) is 0 Å². The highest BCUT2D eigenvalue weighted by Crippen LogP contribution is 2.53. The van der Waals surface area contributed by atoms with Crippen molar-refractivity contribution in [3.63, 3.8) is 0 Å². The maximum Gasteiger partial charge on any atom is 0.0467 e. The molecule has 0 bridgehead atoms. The van der Waals surface area contributed by atoms with Crippen molar-refractivity contribution in [2.24, 2.45) is 0 Å². The largest absolute Gasteiger partial charge is 0.310 e. The van der Waals surface area contributed by atoms with Gasteiger partial charge in [0.05, 0.1) is 0 Å². The quantitative estimate of drug-likeness (QED) is 0.100. The second-order valence-electron chi connectivity index (χ2n) is 25.0. The number of rotatable bonds is 14. The van der Waals surface area contributed by atoms with E-state index in [1.54, 1.807) is 0 Å². The van der Waals surface area contributed by atoms with Crippen molar-refractivity contribution in [3.8, 4) is 66.8 Å². The van der Waals surface area contributed by atoms with Gasteiger partial charge in [0.2, 0.25) is 0 Å². The minimum atomic E-state index is -0.217. The topological polar surface area (TPSA) is 6.48 Å². The Labute approximate surface area is 530 Å². The van der Waals surface area contributed by atoms with Crippen LogP contribution >= 0.6 is 0 Å². The Bertz CT molecular complexity index is 4520. The molecule has 0 amide bonds. The van der Waals surface area contributed by atoms with Gasteiger partial charge in [-0.15, -0.1) is 0 Å². The van der Waals surface area contributed by atoms with E-state index in [0.29, 0.717) is 0 Å². The molecule has 0 unspecified atom stereocenters. The molecular formula is C88H68N2. The first-order valence-electron chi connectivity index (χ1n) is 31.4. The van der Waals surface area contributed by atoms with E-state index in [0.717, 1.165) is 45.3 Å². The molecule has 0 saturated heterocycles. The highest BCUT2D eigenvalue weighted by atomic mass is 15.1. The third-order valence-corrected chi connectivity index (χ3v) is 18.6. The summed E-state index contributed by atoms with van der Waals surface area (Å²) < 4.78 is 0. The van der Waals surface area contributed by atoms with Crippen molar-refractivity contribution in [2.45, 2.75) is 38.5 Å². The van der Waals surface area contributed by atoms with Crippen molar-refractivity contribution in [3.05, 3.63) is 360 Å². The molecule has 430 valence electrons. The number of anilines is 6. The van der Waals surface area contributed by atoms with Crippen LogP contribution in [0, 0.1) is 0 Å². The maximum atomic E-state index is 2.43. The van der Waals surface area contributed by atoms with Gasteiger partial charge < -0.3 is 9.80 Å². The molecule has 13 aromatic rings. The highest BCUT2D eigenvalue weighted by Gasteiger charge is 2.38. The Morgan fingerprint density at radius 2 is 0.456 bits per heavy atom. The number of hydrogen-bond acceptors (Lipinski definition) is 2. The molecule has 13 aromatic carbocycles. The van der Waals surface area contributed by atoms with E-state index in [4.69, 9.17) is 0 Å². The maximum absolute atomic E-state index is 2.43. The van der Waals surface area contributed by atoms with E-state index in [9.17, 15) is 0 Å². The molecule has 0 heterocycles. The van der Waals surface area contributed by atoms with Crippen LogP contribution in [0.3, 0.4) is 0 Å². The zero-order valence-electron chi connectivity index (χ0n) is 51.2. The lowest BCUT2D eigenvalue weighted by Crippen LogP contribution is -2.16. The SMILES string of the molecule is CC1(C)c2cc(/C=C/c3ccc(/C=C/c4ccc5c(c4)C(C)(C)c4cc(N(c6ccc(-c7ccccc7)cc6)c6cccc(-c7ccccc7)c6)ccc4-5)cc3)ccc2-c2ccc(N(c3ccc(-c4ccccc4)cc3)c3cccc(-c4ccccc4)c3)cc21. The van der Waals surface area contributed by atoms with Gasteiger partial charge >= 0.3 is 0 Å². The highest BCUT2D eigenvalue weighted by molar-refractivity contribution is 5.90. The molecule has 0 N–H and O–H groups in total. The van der Waals surface area contributed by atoms with Crippen LogP contribution in [-0.4, -0.2) is 0 Å². The molecule has 0 atom stereocenters. The summed E-state index contributed by atoms with van der Waals surface area (Å²) in [5, 5.41) is 0. The second kappa shape index (κ2) is 23.2. The second-order valence-corrected chi connectivity index (χ2v) is 25.0. The molecule has 2 aliphatic carbocycles. The van der Waals surface area contributed by atoms with E-state index >= 15 is 0 Å². The number of fused-ring (bicyclic) bond motifs is 6. The fourth-order valence-corrected chi connectivity index (χ4v) is 13.7.